The van der Waals surface area contributed by atoms with Gasteiger partial charge in [-0.25, -0.2) is 4.99 Å². The topological polar surface area (TPSA) is 67.1 Å². The van der Waals surface area contributed by atoms with Gasteiger partial charge in [0.25, 0.3) is 0 Å². The summed E-state index contributed by atoms with van der Waals surface area (Å²) in [6.07, 6.45) is 0.864. The molecular formula is C19H24ClIN6S. The molecule has 0 aliphatic carbocycles. The lowest BCUT2D eigenvalue weighted by atomic mass is 10.1. The first-order chi connectivity index (χ1) is 13.1. The molecule has 0 saturated carbocycles. The number of nitrogens with one attached hydrogen (secondary N) is 2. The third-order valence-electron chi connectivity index (χ3n) is 4.17. The molecule has 0 amide bonds. The first-order valence-electron chi connectivity index (χ1n) is 8.75. The van der Waals surface area contributed by atoms with Gasteiger partial charge in [-0.05, 0) is 42.5 Å². The summed E-state index contributed by atoms with van der Waals surface area (Å²) in [5.41, 5.74) is 1.19. The molecule has 2 N–H and O–H groups in total. The van der Waals surface area contributed by atoms with Gasteiger partial charge in [0.1, 0.15) is 12.4 Å². The average molecular weight is 531 g/mol. The number of aromatic nitrogens is 3. The maximum absolute atomic E-state index is 6.06. The van der Waals surface area contributed by atoms with E-state index in [4.69, 9.17) is 11.6 Å². The molecule has 0 unspecified atom stereocenters. The van der Waals surface area contributed by atoms with E-state index < -0.39 is 0 Å². The molecule has 150 valence electrons. The normalized spacial score (nSPS) is 11.2. The zero-order valence-corrected chi connectivity index (χ0v) is 19.8. The summed E-state index contributed by atoms with van der Waals surface area (Å²) in [7, 11) is 1.95. The van der Waals surface area contributed by atoms with E-state index in [2.05, 4.69) is 43.3 Å². The van der Waals surface area contributed by atoms with Crippen LogP contribution >= 0.6 is 46.9 Å². The van der Waals surface area contributed by atoms with Crippen molar-refractivity contribution in [2.75, 3.05) is 6.54 Å². The summed E-state index contributed by atoms with van der Waals surface area (Å²) in [5.74, 6) is 2.47. The molecule has 0 fully saturated rings. The van der Waals surface area contributed by atoms with Crippen molar-refractivity contribution in [2.45, 2.75) is 26.4 Å². The zero-order valence-electron chi connectivity index (χ0n) is 15.9. The summed E-state index contributed by atoms with van der Waals surface area (Å²) in [4.78, 5) is 5.92. The molecule has 0 aliphatic heterocycles. The van der Waals surface area contributed by atoms with E-state index in [-0.39, 0.29) is 24.0 Å². The van der Waals surface area contributed by atoms with Gasteiger partial charge in [0.05, 0.1) is 6.54 Å². The van der Waals surface area contributed by atoms with E-state index in [9.17, 15) is 0 Å². The lowest BCUT2D eigenvalue weighted by molar-refractivity contribution is 0.750. The van der Waals surface area contributed by atoms with Crippen molar-refractivity contribution in [3.63, 3.8) is 0 Å². The molecule has 28 heavy (non-hydrogen) atoms. The van der Waals surface area contributed by atoms with Crippen molar-refractivity contribution in [1.29, 1.82) is 0 Å². The number of aliphatic imine (C=N–C) groups is 1. The Hall–Kier alpha value is -1.65. The molecule has 0 aliphatic rings. The summed E-state index contributed by atoms with van der Waals surface area (Å²) in [6, 6.07) is 12.1. The van der Waals surface area contributed by atoms with Crippen molar-refractivity contribution in [1.82, 2.24) is 25.4 Å². The molecule has 0 saturated heterocycles. The van der Waals surface area contributed by atoms with Gasteiger partial charge in [-0.2, -0.15) is 0 Å². The molecule has 1 aromatic carbocycles. The minimum Gasteiger partial charge on any atom is -0.356 e. The second kappa shape index (κ2) is 11.4. The monoisotopic (exact) mass is 530 g/mol. The number of nitrogens with zero attached hydrogens (tertiary/aromatic N) is 4. The molecule has 6 nitrogen and oxygen atoms in total. The van der Waals surface area contributed by atoms with Crippen LogP contribution in [0.25, 0.3) is 0 Å². The Labute approximate surface area is 191 Å². The molecule has 9 heteroatoms. The van der Waals surface area contributed by atoms with Gasteiger partial charge in [0.2, 0.25) is 0 Å². The van der Waals surface area contributed by atoms with Gasteiger partial charge in [-0.3, -0.25) is 0 Å². The Balaban J connectivity index is 0.00000280. The first kappa shape index (κ1) is 22.6. The number of rotatable bonds is 7. The summed E-state index contributed by atoms with van der Waals surface area (Å²) in [6.45, 7) is 3.89. The summed E-state index contributed by atoms with van der Waals surface area (Å²) in [5, 5.41) is 17.9. The van der Waals surface area contributed by atoms with Crippen LogP contribution in [0.5, 0.6) is 0 Å². The largest absolute Gasteiger partial charge is 0.356 e. The van der Waals surface area contributed by atoms with Crippen LogP contribution in [0, 0.1) is 6.92 Å². The number of aryl methyl sites for hydroxylation is 1. The fraction of sp³-hybridized carbons (Fsp3) is 0.316. The van der Waals surface area contributed by atoms with E-state index in [0.29, 0.717) is 6.54 Å². The summed E-state index contributed by atoms with van der Waals surface area (Å²) >= 11 is 7.78. The molecule has 2 heterocycles. The van der Waals surface area contributed by atoms with E-state index in [1.807, 2.05) is 42.8 Å². The minimum atomic E-state index is 0. The number of guanidine groups is 1. The van der Waals surface area contributed by atoms with Gasteiger partial charge >= 0.3 is 0 Å². The molecular weight excluding hydrogens is 507 g/mol. The van der Waals surface area contributed by atoms with Crippen LogP contribution in [0.15, 0.2) is 46.8 Å². The van der Waals surface area contributed by atoms with E-state index in [1.165, 1.54) is 10.4 Å². The van der Waals surface area contributed by atoms with Crippen molar-refractivity contribution < 1.29 is 0 Å². The highest BCUT2D eigenvalue weighted by Gasteiger charge is 2.06. The molecule has 3 rings (SSSR count). The predicted molar refractivity (Wildman–Crippen MR) is 127 cm³/mol. The number of halogens is 2. The van der Waals surface area contributed by atoms with Crippen molar-refractivity contribution in [3.8, 4) is 0 Å². The molecule has 0 atom stereocenters. The van der Waals surface area contributed by atoms with Crippen LogP contribution in [0.3, 0.4) is 0 Å². The maximum Gasteiger partial charge on any atom is 0.192 e. The van der Waals surface area contributed by atoms with Crippen LogP contribution in [0.2, 0.25) is 5.02 Å². The Bertz CT molecular complexity index is 894. The standard InChI is InChI=1S/C19H23ClN6S.HI/c1-14-24-25-18(26(14)2)13-23-19(22-12-17-7-4-10-27-17)21-9-8-15-5-3-6-16(20)11-15;/h3-7,10-11H,8-9,12-13H2,1-2H3,(H2,21,22,23);1H. The lowest BCUT2D eigenvalue weighted by Crippen LogP contribution is -2.38. The zero-order chi connectivity index (χ0) is 19.1. The van der Waals surface area contributed by atoms with Crippen LogP contribution < -0.4 is 10.6 Å². The van der Waals surface area contributed by atoms with Crippen LogP contribution in [0.4, 0.5) is 0 Å². The van der Waals surface area contributed by atoms with Gasteiger partial charge in [-0.1, -0.05) is 29.8 Å². The highest BCUT2D eigenvalue weighted by Crippen LogP contribution is 2.11. The highest BCUT2D eigenvalue weighted by atomic mass is 127. The first-order valence-corrected chi connectivity index (χ1v) is 10.0. The second-order valence-electron chi connectivity index (χ2n) is 6.13. The van der Waals surface area contributed by atoms with Crippen LogP contribution in [-0.4, -0.2) is 27.3 Å². The average Bonchev–Trinajstić information content (AvgIpc) is 3.28. The number of hydrogen-bond acceptors (Lipinski definition) is 4. The fourth-order valence-electron chi connectivity index (χ4n) is 2.51. The Morgan fingerprint density at radius 3 is 2.75 bits per heavy atom. The molecule has 0 spiro atoms. The van der Waals surface area contributed by atoms with Crippen LogP contribution in [0.1, 0.15) is 22.1 Å². The lowest BCUT2D eigenvalue weighted by Gasteiger charge is -2.12. The second-order valence-corrected chi connectivity index (χ2v) is 7.60. The predicted octanol–water partition coefficient (Wildman–Crippen LogP) is 3.93. The minimum absolute atomic E-state index is 0. The fourth-order valence-corrected chi connectivity index (χ4v) is 3.37. The van der Waals surface area contributed by atoms with Crippen molar-refractivity contribution in [2.24, 2.45) is 12.0 Å². The van der Waals surface area contributed by atoms with E-state index in [0.717, 1.165) is 42.1 Å². The third kappa shape index (κ3) is 6.75. The highest BCUT2D eigenvalue weighted by molar-refractivity contribution is 14.0. The van der Waals surface area contributed by atoms with E-state index in [1.54, 1.807) is 11.3 Å². The Morgan fingerprint density at radius 2 is 2.07 bits per heavy atom. The summed E-state index contributed by atoms with van der Waals surface area (Å²) < 4.78 is 1.95. The third-order valence-corrected chi connectivity index (χ3v) is 5.28. The van der Waals surface area contributed by atoms with Gasteiger partial charge in [-0.15, -0.1) is 45.5 Å². The van der Waals surface area contributed by atoms with Gasteiger partial charge in [0, 0.05) is 23.5 Å². The molecule has 0 bridgehead atoms. The number of thiophene rings is 1. The Kier molecular flexibility index (Phi) is 9.20. The molecule has 2 aromatic heterocycles. The maximum atomic E-state index is 6.06. The molecule has 3 aromatic rings. The van der Waals surface area contributed by atoms with Crippen molar-refractivity contribution >= 4 is 52.9 Å². The van der Waals surface area contributed by atoms with Gasteiger partial charge in [0.15, 0.2) is 11.8 Å². The van der Waals surface area contributed by atoms with Crippen molar-refractivity contribution in [3.05, 3.63) is 68.9 Å². The number of benzene rings is 1. The molecule has 0 radical (unpaired) electrons. The SMILES string of the molecule is Cc1nnc(CN=C(NCCc2cccc(Cl)c2)NCc2cccs2)n1C.I. The smallest absolute Gasteiger partial charge is 0.192 e. The Morgan fingerprint density at radius 1 is 1.21 bits per heavy atom. The van der Waals surface area contributed by atoms with Crippen LogP contribution in [-0.2, 0) is 26.6 Å². The quantitative estimate of drug-likeness (QED) is 0.276. The number of hydrogen-bond donors (Lipinski definition) is 2. The van der Waals surface area contributed by atoms with Gasteiger partial charge < -0.3 is 15.2 Å². The van der Waals surface area contributed by atoms with E-state index >= 15 is 0 Å².